The first-order valence-electron chi connectivity index (χ1n) is 7.63. The van der Waals surface area contributed by atoms with E-state index in [0.29, 0.717) is 12.3 Å². The predicted octanol–water partition coefficient (Wildman–Crippen LogP) is 3.04. The number of carboxylic acids is 1. The van der Waals surface area contributed by atoms with Crippen molar-refractivity contribution in [1.29, 1.82) is 0 Å². The summed E-state index contributed by atoms with van der Waals surface area (Å²) in [5, 5.41) is 8.88. The Kier molecular flexibility index (Phi) is 5.58. The lowest BCUT2D eigenvalue weighted by Crippen LogP contribution is -2.31. The second-order valence-corrected chi connectivity index (χ2v) is 5.81. The molecule has 0 heterocycles. The van der Waals surface area contributed by atoms with Gasteiger partial charge >= 0.3 is 5.97 Å². The lowest BCUT2D eigenvalue weighted by atomic mass is 10.1. The number of hydrogen-bond donors (Lipinski definition) is 1. The van der Waals surface area contributed by atoms with E-state index in [1.165, 1.54) is 12.1 Å². The Morgan fingerprint density at radius 1 is 1.08 bits per heavy atom. The number of likely N-dealkylation sites (N-methyl/N-ethyl adjacent to an activating group) is 1. The third-order valence-electron chi connectivity index (χ3n) is 3.74. The molecular weight excluding hydrogens is 306 g/mol. The molecule has 5 heteroatoms. The number of carbonyl (C=O) groups is 2. The van der Waals surface area contributed by atoms with Gasteiger partial charge in [-0.15, -0.1) is 0 Å². The Morgan fingerprint density at radius 2 is 1.75 bits per heavy atom. The van der Waals surface area contributed by atoms with Crippen LogP contribution in [0.5, 0.6) is 5.75 Å². The van der Waals surface area contributed by atoms with Gasteiger partial charge in [0.25, 0.3) is 5.91 Å². The van der Waals surface area contributed by atoms with Gasteiger partial charge in [-0.1, -0.05) is 24.3 Å². The minimum absolute atomic E-state index is 0.0337. The monoisotopic (exact) mass is 327 g/mol. The summed E-state index contributed by atoms with van der Waals surface area (Å²) in [6.45, 7) is 4.27. The zero-order chi connectivity index (χ0) is 17.7. The van der Waals surface area contributed by atoms with Crippen molar-refractivity contribution in [2.75, 3.05) is 13.7 Å². The molecule has 0 aliphatic heterocycles. The quantitative estimate of drug-likeness (QED) is 0.885. The summed E-state index contributed by atoms with van der Waals surface area (Å²) in [6, 6.07) is 12.3. The van der Waals surface area contributed by atoms with Crippen LogP contribution in [0, 0.1) is 13.8 Å². The predicted molar refractivity (Wildman–Crippen MR) is 91.3 cm³/mol. The van der Waals surface area contributed by atoms with Crippen molar-refractivity contribution in [1.82, 2.24) is 4.90 Å². The molecule has 0 saturated heterocycles. The maximum atomic E-state index is 12.2. The van der Waals surface area contributed by atoms with Crippen LogP contribution >= 0.6 is 0 Å². The van der Waals surface area contributed by atoms with Crippen molar-refractivity contribution in [3.63, 3.8) is 0 Å². The lowest BCUT2D eigenvalue weighted by Gasteiger charge is -2.18. The van der Waals surface area contributed by atoms with Gasteiger partial charge in [0.15, 0.2) is 6.61 Å². The fraction of sp³-hybridized carbons (Fsp3) is 0.263. The average Bonchev–Trinajstić information content (AvgIpc) is 2.55. The average molecular weight is 327 g/mol. The van der Waals surface area contributed by atoms with E-state index < -0.39 is 5.97 Å². The van der Waals surface area contributed by atoms with Gasteiger partial charge in [-0.3, -0.25) is 4.79 Å². The van der Waals surface area contributed by atoms with Crippen LogP contribution in [0.15, 0.2) is 42.5 Å². The minimum atomic E-state index is -0.965. The smallest absolute Gasteiger partial charge is 0.335 e. The topological polar surface area (TPSA) is 66.8 Å². The first kappa shape index (κ1) is 17.5. The Bertz CT molecular complexity index is 738. The number of aromatic carboxylic acids is 1. The minimum Gasteiger partial charge on any atom is -0.483 e. The number of carboxylic acid groups (broad SMARTS) is 1. The Balaban J connectivity index is 1.92. The highest BCUT2D eigenvalue weighted by atomic mass is 16.5. The molecule has 0 aliphatic carbocycles. The largest absolute Gasteiger partial charge is 0.483 e. The van der Waals surface area contributed by atoms with Gasteiger partial charge in [0, 0.05) is 13.6 Å². The van der Waals surface area contributed by atoms with Crippen LogP contribution in [-0.2, 0) is 11.3 Å². The highest BCUT2D eigenvalue weighted by Gasteiger charge is 2.12. The standard InChI is InChI=1S/C19H21NO4/c1-13-4-5-14(2)17(10-13)24-12-18(21)20(3)11-15-6-8-16(9-7-15)19(22)23/h4-10H,11-12H2,1-3H3,(H,22,23). The number of carbonyl (C=O) groups excluding carboxylic acids is 1. The van der Waals surface area contributed by atoms with Crippen molar-refractivity contribution in [3.05, 3.63) is 64.7 Å². The van der Waals surface area contributed by atoms with Gasteiger partial charge in [0.05, 0.1) is 5.56 Å². The molecular formula is C19H21NO4. The van der Waals surface area contributed by atoms with Crippen LogP contribution in [0.3, 0.4) is 0 Å². The molecule has 0 spiro atoms. The van der Waals surface area contributed by atoms with Crippen LogP contribution in [0.1, 0.15) is 27.0 Å². The van der Waals surface area contributed by atoms with E-state index in [0.717, 1.165) is 16.7 Å². The van der Waals surface area contributed by atoms with Gasteiger partial charge < -0.3 is 14.7 Å². The number of rotatable bonds is 6. The van der Waals surface area contributed by atoms with E-state index in [1.807, 2.05) is 32.0 Å². The van der Waals surface area contributed by atoms with Crippen LogP contribution in [-0.4, -0.2) is 35.5 Å². The van der Waals surface area contributed by atoms with Crippen molar-refractivity contribution in [2.45, 2.75) is 20.4 Å². The van der Waals surface area contributed by atoms with Gasteiger partial charge in [0.1, 0.15) is 5.75 Å². The fourth-order valence-electron chi connectivity index (χ4n) is 2.23. The van der Waals surface area contributed by atoms with Crippen LogP contribution in [0.4, 0.5) is 0 Å². The second kappa shape index (κ2) is 7.64. The highest BCUT2D eigenvalue weighted by molar-refractivity contribution is 5.87. The maximum Gasteiger partial charge on any atom is 0.335 e. The summed E-state index contributed by atoms with van der Waals surface area (Å²) >= 11 is 0. The number of hydrogen-bond acceptors (Lipinski definition) is 3. The molecule has 2 rings (SSSR count). The second-order valence-electron chi connectivity index (χ2n) is 5.81. The normalized spacial score (nSPS) is 10.3. The number of ether oxygens (including phenoxy) is 1. The number of aryl methyl sites for hydroxylation is 2. The molecule has 0 aromatic heterocycles. The molecule has 0 saturated carbocycles. The Hall–Kier alpha value is -2.82. The molecule has 1 amide bonds. The molecule has 24 heavy (non-hydrogen) atoms. The van der Waals surface area contributed by atoms with Crippen molar-refractivity contribution in [2.24, 2.45) is 0 Å². The van der Waals surface area contributed by atoms with E-state index in [1.54, 1.807) is 24.1 Å². The van der Waals surface area contributed by atoms with Gasteiger partial charge in [-0.2, -0.15) is 0 Å². The maximum absolute atomic E-state index is 12.2. The molecule has 0 radical (unpaired) electrons. The Morgan fingerprint density at radius 3 is 2.38 bits per heavy atom. The van der Waals surface area contributed by atoms with Crippen LogP contribution in [0.2, 0.25) is 0 Å². The van der Waals surface area contributed by atoms with E-state index >= 15 is 0 Å². The van der Waals surface area contributed by atoms with Gasteiger partial charge in [-0.25, -0.2) is 4.79 Å². The van der Waals surface area contributed by atoms with E-state index in [-0.39, 0.29) is 18.1 Å². The number of benzene rings is 2. The zero-order valence-electron chi connectivity index (χ0n) is 14.1. The first-order chi connectivity index (χ1) is 11.4. The number of nitrogens with zero attached hydrogens (tertiary/aromatic N) is 1. The van der Waals surface area contributed by atoms with E-state index in [2.05, 4.69) is 0 Å². The fourth-order valence-corrected chi connectivity index (χ4v) is 2.23. The van der Waals surface area contributed by atoms with E-state index in [4.69, 9.17) is 9.84 Å². The molecule has 0 bridgehead atoms. The summed E-state index contributed by atoms with van der Waals surface area (Å²) < 4.78 is 5.62. The van der Waals surface area contributed by atoms with Crippen molar-refractivity contribution < 1.29 is 19.4 Å². The van der Waals surface area contributed by atoms with Crippen LogP contribution < -0.4 is 4.74 Å². The molecule has 2 aromatic carbocycles. The molecule has 0 fully saturated rings. The summed E-state index contributed by atoms with van der Waals surface area (Å²) in [4.78, 5) is 24.6. The molecule has 0 unspecified atom stereocenters. The van der Waals surface area contributed by atoms with E-state index in [9.17, 15) is 9.59 Å². The summed E-state index contributed by atoms with van der Waals surface area (Å²) in [5.41, 5.74) is 3.16. The lowest BCUT2D eigenvalue weighted by molar-refractivity contribution is -0.132. The van der Waals surface area contributed by atoms with Gasteiger partial charge in [0.2, 0.25) is 0 Å². The zero-order valence-corrected chi connectivity index (χ0v) is 14.1. The summed E-state index contributed by atoms with van der Waals surface area (Å²) in [6.07, 6.45) is 0. The third kappa shape index (κ3) is 4.59. The SMILES string of the molecule is Cc1ccc(C)c(OCC(=O)N(C)Cc2ccc(C(=O)O)cc2)c1. The molecule has 2 aromatic rings. The highest BCUT2D eigenvalue weighted by Crippen LogP contribution is 2.19. The molecule has 0 atom stereocenters. The first-order valence-corrected chi connectivity index (χ1v) is 7.63. The molecule has 1 N–H and O–H groups in total. The van der Waals surface area contributed by atoms with Crippen LogP contribution in [0.25, 0.3) is 0 Å². The molecule has 126 valence electrons. The molecule has 5 nitrogen and oxygen atoms in total. The summed E-state index contributed by atoms with van der Waals surface area (Å²) in [5.74, 6) is -0.395. The third-order valence-corrected chi connectivity index (χ3v) is 3.74. The van der Waals surface area contributed by atoms with Gasteiger partial charge in [-0.05, 0) is 48.7 Å². The number of amides is 1. The Labute approximate surface area is 141 Å². The van der Waals surface area contributed by atoms with Crippen molar-refractivity contribution >= 4 is 11.9 Å². The summed E-state index contributed by atoms with van der Waals surface area (Å²) in [7, 11) is 1.69. The van der Waals surface area contributed by atoms with Crippen molar-refractivity contribution in [3.8, 4) is 5.75 Å². The molecule has 0 aliphatic rings.